The van der Waals surface area contributed by atoms with E-state index in [-0.39, 0.29) is 24.9 Å². The van der Waals surface area contributed by atoms with E-state index in [9.17, 15) is 18.0 Å². The fraction of sp³-hybridized carbons (Fsp3) is 0.286. The highest BCUT2D eigenvalue weighted by Gasteiger charge is 2.21. The lowest BCUT2D eigenvalue weighted by molar-refractivity contribution is -0.150. The Bertz CT molecular complexity index is 1320. The van der Waals surface area contributed by atoms with Crippen molar-refractivity contribution in [2.75, 3.05) is 19.8 Å². The highest BCUT2D eigenvalue weighted by molar-refractivity contribution is 7.85. The van der Waals surface area contributed by atoms with Crippen molar-refractivity contribution in [1.29, 1.82) is 0 Å². The number of benzene rings is 3. The SMILES string of the molecule is CC(=O)OCC(=O)N1CCc2cc(-c3ccc(CCOS(=O)(=O)Cc4ccccc4)cc3)ccc2C1. The van der Waals surface area contributed by atoms with Crippen LogP contribution in [0, 0.1) is 0 Å². The molecule has 36 heavy (non-hydrogen) atoms. The van der Waals surface area contributed by atoms with Gasteiger partial charge >= 0.3 is 5.97 Å². The lowest BCUT2D eigenvalue weighted by atomic mass is 9.94. The van der Waals surface area contributed by atoms with Crippen molar-refractivity contribution in [2.45, 2.75) is 32.1 Å². The zero-order valence-electron chi connectivity index (χ0n) is 20.2. The first-order valence-electron chi connectivity index (χ1n) is 11.8. The van der Waals surface area contributed by atoms with E-state index in [0.29, 0.717) is 25.1 Å². The van der Waals surface area contributed by atoms with E-state index in [1.54, 1.807) is 29.2 Å². The van der Waals surface area contributed by atoms with Crippen LogP contribution < -0.4 is 0 Å². The predicted molar refractivity (Wildman–Crippen MR) is 136 cm³/mol. The van der Waals surface area contributed by atoms with Gasteiger partial charge in [0.2, 0.25) is 0 Å². The average molecular weight is 508 g/mol. The van der Waals surface area contributed by atoms with E-state index >= 15 is 0 Å². The van der Waals surface area contributed by atoms with Gasteiger partial charge in [0, 0.05) is 20.0 Å². The van der Waals surface area contributed by atoms with Crippen LogP contribution in [0.2, 0.25) is 0 Å². The summed E-state index contributed by atoms with van der Waals surface area (Å²) in [7, 11) is -3.63. The molecule has 7 nitrogen and oxygen atoms in total. The molecule has 0 aromatic heterocycles. The maximum atomic E-state index is 12.3. The fourth-order valence-electron chi connectivity index (χ4n) is 4.17. The summed E-state index contributed by atoms with van der Waals surface area (Å²) >= 11 is 0. The number of amides is 1. The van der Waals surface area contributed by atoms with Crippen molar-refractivity contribution in [2.24, 2.45) is 0 Å². The van der Waals surface area contributed by atoms with Crippen molar-refractivity contribution in [1.82, 2.24) is 4.90 Å². The molecule has 188 valence electrons. The summed E-state index contributed by atoms with van der Waals surface area (Å²) in [5.74, 6) is -0.784. The molecule has 0 N–H and O–H groups in total. The average Bonchev–Trinajstić information content (AvgIpc) is 2.87. The van der Waals surface area contributed by atoms with Gasteiger partial charge in [0.05, 0.1) is 6.61 Å². The second kappa shape index (κ2) is 11.5. The highest BCUT2D eigenvalue weighted by Crippen LogP contribution is 2.27. The maximum Gasteiger partial charge on any atom is 0.303 e. The zero-order valence-corrected chi connectivity index (χ0v) is 21.0. The van der Waals surface area contributed by atoms with Gasteiger partial charge in [-0.25, -0.2) is 0 Å². The van der Waals surface area contributed by atoms with Crippen LogP contribution in [0.25, 0.3) is 11.1 Å². The molecule has 3 aromatic rings. The van der Waals surface area contributed by atoms with Crippen LogP contribution in [0.4, 0.5) is 0 Å². The number of ether oxygens (including phenoxy) is 1. The van der Waals surface area contributed by atoms with Crippen LogP contribution in [0.3, 0.4) is 0 Å². The Morgan fingerprint density at radius 1 is 0.889 bits per heavy atom. The molecular weight excluding hydrogens is 478 g/mol. The molecule has 0 unspecified atom stereocenters. The fourth-order valence-corrected chi connectivity index (χ4v) is 5.19. The second-order valence-corrected chi connectivity index (χ2v) is 10.4. The third-order valence-electron chi connectivity index (χ3n) is 6.10. The number of nitrogens with zero attached hydrogens (tertiary/aromatic N) is 1. The summed E-state index contributed by atoms with van der Waals surface area (Å²) in [5, 5.41) is 0. The standard InChI is InChI=1S/C28H29NO6S/c1-21(30)34-19-28(31)29-15-13-26-17-25(11-12-27(26)18-29)24-9-7-22(8-10-24)14-16-35-36(32,33)20-23-5-3-2-4-6-23/h2-12,17H,13-16,18-20H2,1H3. The summed E-state index contributed by atoms with van der Waals surface area (Å²) < 4.78 is 34.4. The van der Waals surface area contributed by atoms with E-state index in [2.05, 4.69) is 6.07 Å². The van der Waals surface area contributed by atoms with Crippen LogP contribution in [0.1, 0.15) is 29.2 Å². The number of carbonyl (C=O) groups is 2. The van der Waals surface area contributed by atoms with Gasteiger partial charge in [-0.1, -0.05) is 72.8 Å². The first kappa shape index (κ1) is 25.6. The van der Waals surface area contributed by atoms with Gasteiger partial charge in [-0.15, -0.1) is 0 Å². The molecule has 0 saturated carbocycles. The topological polar surface area (TPSA) is 90.0 Å². The van der Waals surface area contributed by atoms with E-state index in [4.69, 9.17) is 8.92 Å². The number of rotatable bonds is 9. The Balaban J connectivity index is 1.31. The molecule has 3 aromatic carbocycles. The molecule has 1 aliphatic heterocycles. The molecule has 0 saturated heterocycles. The number of carbonyl (C=O) groups excluding carboxylic acids is 2. The Morgan fingerprint density at radius 2 is 1.61 bits per heavy atom. The summed E-state index contributed by atoms with van der Waals surface area (Å²) in [6, 6.07) is 23.2. The molecule has 8 heteroatoms. The molecule has 0 radical (unpaired) electrons. The van der Waals surface area contributed by atoms with Gasteiger partial charge < -0.3 is 9.64 Å². The van der Waals surface area contributed by atoms with Gasteiger partial charge in [0.1, 0.15) is 5.75 Å². The quantitative estimate of drug-likeness (QED) is 0.322. The first-order valence-corrected chi connectivity index (χ1v) is 13.4. The van der Waals surface area contributed by atoms with Crippen LogP contribution in [-0.4, -0.2) is 45.0 Å². The Hall–Kier alpha value is -3.49. The number of hydrogen-bond donors (Lipinski definition) is 0. The summed E-state index contributed by atoms with van der Waals surface area (Å²) in [4.78, 5) is 24.9. The van der Waals surface area contributed by atoms with Gasteiger partial charge in [-0.3, -0.25) is 13.8 Å². The van der Waals surface area contributed by atoms with E-state index in [0.717, 1.165) is 28.7 Å². The monoisotopic (exact) mass is 507 g/mol. The second-order valence-electron chi connectivity index (χ2n) is 8.79. The van der Waals surface area contributed by atoms with E-state index in [1.165, 1.54) is 12.5 Å². The molecule has 0 atom stereocenters. The number of esters is 1. The molecule has 0 aliphatic carbocycles. The maximum absolute atomic E-state index is 12.3. The minimum atomic E-state index is -3.63. The van der Waals surface area contributed by atoms with Gasteiger partial charge in [0.25, 0.3) is 16.0 Å². The van der Waals surface area contributed by atoms with E-state index in [1.807, 2.05) is 42.5 Å². The zero-order chi connectivity index (χ0) is 25.5. The minimum Gasteiger partial charge on any atom is -0.456 e. The summed E-state index contributed by atoms with van der Waals surface area (Å²) in [5.41, 5.74) is 6.13. The molecule has 0 fully saturated rings. The van der Waals surface area contributed by atoms with Gasteiger partial charge in [-0.05, 0) is 46.2 Å². The summed E-state index contributed by atoms with van der Waals surface area (Å²) in [6.07, 6.45) is 1.23. The number of hydrogen-bond acceptors (Lipinski definition) is 6. The number of fused-ring (bicyclic) bond motifs is 1. The molecular formula is C28H29NO6S. The van der Waals surface area contributed by atoms with Crippen molar-refractivity contribution >= 4 is 22.0 Å². The minimum absolute atomic E-state index is 0.0973. The Labute approximate surface area is 211 Å². The highest BCUT2D eigenvalue weighted by atomic mass is 32.2. The van der Waals surface area contributed by atoms with Crippen molar-refractivity contribution in [3.05, 3.63) is 95.1 Å². The van der Waals surface area contributed by atoms with Crippen LogP contribution in [-0.2, 0) is 53.8 Å². The predicted octanol–water partition coefficient (Wildman–Crippen LogP) is 3.89. The molecule has 1 aliphatic rings. The third kappa shape index (κ3) is 7.02. The smallest absolute Gasteiger partial charge is 0.303 e. The first-order chi connectivity index (χ1) is 17.3. The Kier molecular flexibility index (Phi) is 8.18. The van der Waals surface area contributed by atoms with Crippen LogP contribution >= 0.6 is 0 Å². The summed E-state index contributed by atoms with van der Waals surface area (Å²) in [6.45, 7) is 2.25. The third-order valence-corrected chi connectivity index (χ3v) is 7.31. The molecule has 4 rings (SSSR count). The molecule has 0 spiro atoms. The largest absolute Gasteiger partial charge is 0.456 e. The normalized spacial score (nSPS) is 13.2. The lowest BCUT2D eigenvalue weighted by Crippen LogP contribution is -2.38. The molecule has 0 bridgehead atoms. The van der Waals surface area contributed by atoms with Crippen molar-refractivity contribution in [3.63, 3.8) is 0 Å². The van der Waals surface area contributed by atoms with Gasteiger partial charge in [0.15, 0.2) is 6.61 Å². The lowest BCUT2D eigenvalue weighted by Gasteiger charge is -2.29. The van der Waals surface area contributed by atoms with Crippen LogP contribution in [0.5, 0.6) is 0 Å². The van der Waals surface area contributed by atoms with Gasteiger partial charge in [-0.2, -0.15) is 8.42 Å². The van der Waals surface area contributed by atoms with Crippen molar-refractivity contribution < 1.29 is 26.9 Å². The molecule has 1 amide bonds. The van der Waals surface area contributed by atoms with Crippen LogP contribution in [0.15, 0.2) is 72.8 Å². The van der Waals surface area contributed by atoms with Crippen molar-refractivity contribution in [3.8, 4) is 11.1 Å². The molecule has 1 heterocycles. The Morgan fingerprint density at radius 3 is 2.33 bits per heavy atom. The van der Waals surface area contributed by atoms with E-state index < -0.39 is 16.1 Å².